The number of nitrogens with zero attached hydrogens (tertiary/aromatic N) is 4. The van der Waals surface area contributed by atoms with Crippen LogP contribution in [-0.2, 0) is 9.59 Å². The molecule has 0 spiro atoms. The van der Waals surface area contributed by atoms with Crippen LogP contribution in [0.25, 0.3) is 0 Å². The van der Waals surface area contributed by atoms with Crippen molar-refractivity contribution >= 4 is 11.8 Å². The van der Waals surface area contributed by atoms with Crippen molar-refractivity contribution in [1.29, 1.82) is 0 Å². The predicted octanol–water partition coefficient (Wildman–Crippen LogP) is 5.10. The second-order valence-electron chi connectivity index (χ2n) is 11.6. The van der Waals surface area contributed by atoms with Crippen LogP contribution in [0, 0.1) is 11.8 Å². The third kappa shape index (κ3) is 8.15. The molecule has 2 aliphatic heterocycles. The van der Waals surface area contributed by atoms with Crippen LogP contribution in [0.5, 0.6) is 0 Å². The lowest BCUT2D eigenvalue weighted by atomic mass is 9.95. The van der Waals surface area contributed by atoms with Gasteiger partial charge in [0.1, 0.15) is 12.1 Å². The molecule has 6 heteroatoms. The van der Waals surface area contributed by atoms with Crippen molar-refractivity contribution < 1.29 is 9.59 Å². The van der Waals surface area contributed by atoms with Crippen LogP contribution in [0.4, 0.5) is 0 Å². The molecule has 2 aromatic rings. The Balaban J connectivity index is 0.000000211. The van der Waals surface area contributed by atoms with Crippen LogP contribution >= 0.6 is 0 Å². The summed E-state index contributed by atoms with van der Waals surface area (Å²) in [6.07, 6.45) is 4.92. The van der Waals surface area contributed by atoms with Gasteiger partial charge in [0.25, 0.3) is 0 Å². The molecule has 208 valence electrons. The maximum absolute atomic E-state index is 12.5. The van der Waals surface area contributed by atoms with Crippen LogP contribution in [0.3, 0.4) is 0 Å². The molecular weight excluding hydrogens is 472 g/mol. The Kier molecular flexibility index (Phi) is 11.4. The Labute approximate surface area is 230 Å². The summed E-state index contributed by atoms with van der Waals surface area (Å²) in [5.74, 6) is 1.71. The van der Waals surface area contributed by atoms with Crippen molar-refractivity contribution in [3.05, 3.63) is 71.8 Å². The highest BCUT2D eigenvalue weighted by Gasteiger charge is 2.32. The highest BCUT2D eigenvalue weighted by atomic mass is 16.2. The molecule has 0 aliphatic carbocycles. The normalized spacial score (nSPS) is 21.9. The van der Waals surface area contributed by atoms with Gasteiger partial charge in [0.05, 0.1) is 0 Å². The lowest BCUT2D eigenvalue weighted by Gasteiger charge is -2.37. The zero-order valence-corrected chi connectivity index (χ0v) is 24.3. The molecule has 0 radical (unpaired) electrons. The fourth-order valence-corrected chi connectivity index (χ4v) is 5.70. The first kappa shape index (κ1) is 29.9. The lowest BCUT2D eigenvalue weighted by molar-refractivity contribution is -0.136. The van der Waals surface area contributed by atoms with Gasteiger partial charge in [-0.15, -0.1) is 0 Å². The van der Waals surface area contributed by atoms with E-state index < -0.39 is 0 Å². The van der Waals surface area contributed by atoms with Gasteiger partial charge in [-0.1, -0.05) is 74.5 Å². The molecule has 0 unspecified atom stereocenters. The Bertz CT molecular complexity index is 914. The van der Waals surface area contributed by atoms with E-state index in [0.717, 1.165) is 37.3 Å². The quantitative estimate of drug-likeness (QED) is 0.532. The smallest absolute Gasteiger partial charge is 0.244 e. The third-order valence-corrected chi connectivity index (χ3v) is 7.69. The summed E-state index contributed by atoms with van der Waals surface area (Å²) in [5, 5.41) is 0. The minimum absolute atomic E-state index is 0.126. The van der Waals surface area contributed by atoms with E-state index in [2.05, 4.69) is 47.9 Å². The molecule has 2 aliphatic rings. The standard InChI is InChI=1S/2C16H24N2O/c2*1-13-8-7-11-18(12-13)15(16(19)17(2)3)14-9-5-4-6-10-14/h2*4-6,9-10,13,15H,7-8,11-12H2,1-3H3/t13-,15+;13-,15-/m00/s1. The number of carbonyl (C=O) groups excluding carboxylic acids is 2. The van der Waals surface area contributed by atoms with E-state index in [9.17, 15) is 9.59 Å². The molecule has 2 aromatic carbocycles. The highest BCUT2D eigenvalue weighted by Crippen LogP contribution is 2.29. The summed E-state index contributed by atoms with van der Waals surface area (Å²) < 4.78 is 0. The molecule has 2 amide bonds. The van der Waals surface area contributed by atoms with E-state index in [1.807, 2.05) is 64.6 Å². The van der Waals surface area contributed by atoms with Crippen molar-refractivity contribution in [2.45, 2.75) is 51.6 Å². The largest absolute Gasteiger partial charge is 0.347 e. The topological polar surface area (TPSA) is 47.1 Å². The summed E-state index contributed by atoms with van der Waals surface area (Å²) in [7, 11) is 7.36. The molecule has 2 heterocycles. The van der Waals surface area contributed by atoms with Crippen molar-refractivity contribution in [3.8, 4) is 0 Å². The van der Waals surface area contributed by atoms with Crippen LogP contribution in [0.2, 0.25) is 0 Å². The van der Waals surface area contributed by atoms with E-state index in [-0.39, 0.29) is 23.9 Å². The van der Waals surface area contributed by atoms with Crippen LogP contribution in [0.1, 0.15) is 62.7 Å². The van der Waals surface area contributed by atoms with Crippen LogP contribution < -0.4 is 0 Å². The third-order valence-electron chi connectivity index (χ3n) is 7.69. The van der Waals surface area contributed by atoms with Crippen molar-refractivity contribution in [3.63, 3.8) is 0 Å². The molecule has 0 N–H and O–H groups in total. The maximum Gasteiger partial charge on any atom is 0.244 e. The first-order valence-electron chi connectivity index (χ1n) is 14.2. The fraction of sp³-hybridized carbons (Fsp3) is 0.562. The van der Waals surface area contributed by atoms with Gasteiger partial charge in [0, 0.05) is 41.3 Å². The summed E-state index contributed by atoms with van der Waals surface area (Å²) in [6, 6.07) is 20.0. The molecule has 38 heavy (non-hydrogen) atoms. The predicted molar refractivity (Wildman–Crippen MR) is 156 cm³/mol. The SMILES string of the molecule is C[C@H]1CCCN([C@@H](C(=O)N(C)C)c2ccccc2)C1.C[C@H]1CCCN([C@H](C(=O)N(C)C)c2ccccc2)C1. The average Bonchev–Trinajstić information content (AvgIpc) is 2.90. The average molecular weight is 521 g/mol. The van der Waals surface area contributed by atoms with Gasteiger partial charge in [-0.25, -0.2) is 0 Å². The molecule has 0 saturated carbocycles. The fourth-order valence-electron chi connectivity index (χ4n) is 5.70. The molecule has 0 aromatic heterocycles. The van der Waals surface area contributed by atoms with E-state index in [1.54, 1.807) is 9.80 Å². The number of hydrogen-bond acceptors (Lipinski definition) is 4. The highest BCUT2D eigenvalue weighted by molar-refractivity contribution is 5.83. The van der Waals surface area contributed by atoms with Gasteiger partial charge < -0.3 is 9.80 Å². The van der Waals surface area contributed by atoms with Gasteiger partial charge >= 0.3 is 0 Å². The van der Waals surface area contributed by atoms with Crippen LogP contribution in [0.15, 0.2) is 60.7 Å². The van der Waals surface area contributed by atoms with Crippen molar-refractivity contribution in [2.75, 3.05) is 54.4 Å². The van der Waals surface area contributed by atoms with Crippen molar-refractivity contribution in [2.24, 2.45) is 11.8 Å². The molecule has 2 fully saturated rings. The monoisotopic (exact) mass is 520 g/mol. The Morgan fingerprint density at radius 1 is 0.658 bits per heavy atom. The first-order valence-corrected chi connectivity index (χ1v) is 14.2. The van der Waals surface area contributed by atoms with E-state index in [4.69, 9.17) is 0 Å². The van der Waals surface area contributed by atoms with Gasteiger partial charge in [-0.2, -0.15) is 0 Å². The second-order valence-corrected chi connectivity index (χ2v) is 11.6. The zero-order valence-electron chi connectivity index (χ0n) is 24.3. The Morgan fingerprint density at radius 3 is 1.29 bits per heavy atom. The molecule has 6 nitrogen and oxygen atoms in total. The number of piperidine rings is 2. The van der Waals surface area contributed by atoms with Crippen molar-refractivity contribution in [1.82, 2.24) is 19.6 Å². The minimum atomic E-state index is -0.126. The number of likely N-dealkylation sites (tertiary alicyclic amines) is 2. The van der Waals surface area contributed by atoms with E-state index >= 15 is 0 Å². The van der Waals surface area contributed by atoms with Gasteiger partial charge in [0.2, 0.25) is 11.8 Å². The number of likely N-dealkylation sites (N-methyl/N-ethyl adjacent to an activating group) is 2. The number of amides is 2. The molecule has 4 atom stereocenters. The molecule has 0 bridgehead atoms. The molecular formula is C32H48N4O2. The Hall–Kier alpha value is -2.70. The van der Waals surface area contributed by atoms with Gasteiger partial charge in [-0.05, 0) is 61.7 Å². The molecule has 4 rings (SSSR count). The van der Waals surface area contributed by atoms with E-state index in [1.165, 1.54) is 25.7 Å². The molecule has 2 saturated heterocycles. The number of hydrogen-bond donors (Lipinski definition) is 0. The number of carbonyl (C=O) groups is 2. The first-order chi connectivity index (χ1) is 18.2. The second kappa shape index (κ2) is 14.5. The summed E-state index contributed by atoms with van der Waals surface area (Å²) >= 11 is 0. The summed E-state index contributed by atoms with van der Waals surface area (Å²) in [5.41, 5.74) is 2.21. The van der Waals surface area contributed by atoms with E-state index in [0.29, 0.717) is 11.8 Å². The van der Waals surface area contributed by atoms with Gasteiger partial charge in [0.15, 0.2) is 0 Å². The maximum atomic E-state index is 12.5. The van der Waals surface area contributed by atoms with Gasteiger partial charge in [-0.3, -0.25) is 19.4 Å². The number of benzene rings is 2. The lowest BCUT2D eigenvalue weighted by Crippen LogP contribution is -2.44. The summed E-state index contributed by atoms with van der Waals surface area (Å²) in [6.45, 7) is 8.61. The Morgan fingerprint density at radius 2 is 1.00 bits per heavy atom. The minimum Gasteiger partial charge on any atom is -0.347 e. The van der Waals surface area contributed by atoms with Crippen LogP contribution in [-0.4, -0.2) is 85.8 Å². The number of rotatable bonds is 6. The summed E-state index contributed by atoms with van der Waals surface area (Å²) in [4.78, 5) is 33.2. The zero-order chi connectivity index (χ0) is 27.7.